The van der Waals surface area contributed by atoms with Crippen LogP contribution in [0.5, 0.6) is 0 Å². The Balaban J connectivity index is 1.85. The van der Waals surface area contributed by atoms with Gasteiger partial charge in [-0.1, -0.05) is 57.9 Å². The molecule has 1 aliphatic heterocycles. The van der Waals surface area contributed by atoms with E-state index in [0.717, 1.165) is 38.5 Å². The van der Waals surface area contributed by atoms with Crippen LogP contribution in [0.2, 0.25) is 0 Å². The maximum absolute atomic E-state index is 12.8. The Morgan fingerprint density at radius 1 is 1.07 bits per heavy atom. The minimum atomic E-state index is -0.688. The van der Waals surface area contributed by atoms with Crippen LogP contribution in [0.4, 0.5) is 0 Å². The van der Waals surface area contributed by atoms with Crippen molar-refractivity contribution in [2.75, 3.05) is 13.2 Å². The molecular weight excluding hydrogens is 366 g/mol. The van der Waals surface area contributed by atoms with E-state index in [1.54, 1.807) is 0 Å². The quantitative estimate of drug-likeness (QED) is 0.292. The standard InChI is InChI=1S/C24H37NO4/c1-4-6-13-21(26)29-18-24(3,5-2)16-9-10-17-25-22(27)19-11-7-8-12-20(15-14-19)23(25)28/h7-8,11-12,21,26H,4-6,9-10,13-18H2,1-3H3/b8-7-,19-11+,20-12+. The minimum absolute atomic E-state index is 0.0109. The van der Waals surface area contributed by atoms with Crippen molar-refractivity contribution < 1.29 is 19.4 Å². The average Bonchev–Trinajstić information content (AvgIpc) is 2.76. The summed E-state index contributed by atoms with van der Waals surface area (Å²) < 4.78 is 5.68. The first-order valence-electron chi connectivity index (χ1n) is 11.1. The number of hydrogen-bond donors (Lipinski definition) is 1. The van der Waals surface area contributed by atoms with Gasteiger partial charge in [0.05, 0.1) is 6.61 Å². The number of aliphatic hydroxyl groups excluding tert-OH is 1. The summed E-state index contributed by atoms with van der Waals surface area (Å²) in [5.74, 6) is -0.295. The van der Waals surface area contributed by atoms with Gasteiger partial charge in [0.1, 0.15) is 0 Å². The third-order valence-corrected chi connectivity index (χ3v) is 6.10. The number of hydrogen-bond acceptors (Lipinski definition) is 4. The van der Waals surface area contributed by atoms with Gasteiger partial charge in [0.25, 0.3) is 11.8 Å². The molecule has 2 amide bonds. The molecule has 1 fully saturated rings. The number of likely N-dealkylation sites (tertiary alicyclic amines) is 1. The van der Waals surface area contributed by atoms with Crippen molar-refractivity contribution in [1.82, 2.24) is 4.90 Å². The molecule has 1 saturated heterocycles. The Labute approximate surface area is 175 Å². The van der Waals surface area contributed by atoms with Gasteiger partial charge in [-0.05, 0) is 50.4 Å². The molecule has 2 atom stereocenters. The van der Waals surface area contributed by atoms with Crippen molar-refractivity contribution in [3.05, 3.63) is 35.5 Å². The molecule has 0 aromatic rings. The van der Waals surface area contributed by atoms with E-state index in [1.165, 1.54) is 4.90 Å². The third-order valence-electron chi connectivity index (χ3n) is 6.10. The number of nitrogens with zero attached hydrogens (tertiary/aromatic N) is 1. The molecule has 5 nitrogen and oxygen atoms in total. The number of ether oxygens (including phenoxy) is 1. The molecule has 162 valence electrons. The summed E-state index contributed by atoms with van der Waals surface area (Å²) in [6, 6.07) is 0. The summed E-state index contributed by atoms with van der Waals surface area (Å²) in [4.78, 5) is 26.9. The van der Waals surface area contributed by atoms with Gasteiger partial charge in [-0.25, -0.2) is 0 Å². The van der Waals surface area contributed by atoms with Crippen molar-refractivity contribution in [2.45, 2.75) is 84.8 Å². The zero-order valence-electron chi connectivity index (χ0n) is 18.3. The number of carbonyl (C=O) groups excluding carboxylic acids is 2. The van der Waals surface area contributed by atoms with E-state index in [9.17, 15) is 14.7 Å². The zero-order valence-corrected chi connectivity index (χ0v) is 18.3. The van der Waals surface area contributed by atoms with E-state index in [2.05, 4.69) is 20.8 Å². The Morgan fingerprint density at radius 2 is 1.69 bits per heavy atom. The predicted molar refractivity (Wildman–Crippen MR) is 115 cm³/mol. The Hall–Kier alpha value is -1.72. The molecule has 0 aromatic carbocycles. The lowest BCUT2D eigenvalue weighted by Crippen LogP contribution is -2.37. The molecule has 2 unspecified atom stereocenters. The monoisotopic (exact) mass is 403 g/mol. The van der Waals surface area contributed by atoms with Crippen molar-refractivity contribution in [1.29, 1.82) is 0 Å². The molecule has 1 heterocycles. The number of allylic oxidation sites excluding steroid dienone is 4. The second-order valence-corrected chi connectivity index (χ2v) is 8.56. The molecule has 29 heavy (non-hydrogen) atoms. The Bertz CT molecular complexity index is 628. The summed E-state index contributed by atoms with van der Waals surface area (Å²) in [6.45, 7) is 7.40. The smallest absolute Gasteiger partial charge is 0.256 e. The maximum Gasteiger partial charge on any atom is 0.256 e. The van der Waals surface area contributed by atoms with E-state index >= 15 is 0 Å². The number of aliphatic hydroxyl groups is 1. The third kappa shape index (κ3) is 6.93. The normalized spacial score (nSPS) is 24.6. The highest BCUT2D eigenvalue weighted by Gasteiger charge is 2.31. The number of unbranched alkanes of at least 4 members (excludes halogenated alkanes) is 2. The van der Waals surface area contributed by atoms with E-state index in [1.807, 2.05) is 24.3 Å². The second kappa shape index (κ2) is 11.5. The molecule has 0 radical (unpaired) electrons. The number of rotatable bonds is 12. The topological polar surface area (TPSA) is 66.8 Å². The molecule has 5 heteroatoms. The highest BCUT2D eigenvalue weighted by molar-refractivity contribution is 6.11. The molecule has 2 rings (SSSR count). The van der Waals surface area contributed by atoms with Gasteiger partial charge in [-0.2, -0.15) is 0 Å². The average molecular weight is 404 g/mol. The first-order valence-corrected chi connectivity index (χ1v) is 11.1. The lowest BCUT2D eigenvalue weighted by Gasteiger charge is -2.29. The molecule has 0 aromatic heterocycles. The largest absolute Gasteiger partial charge is 0.368 e. The van der Waals surface area contributed by atoms with Crippen molar-refractivity contribution in [3.63, 3.8) is 0 Å². The summed E-state index contributed by atoms with van der Waals surface area (Å²) in [5.41, 5.74) is 1.42. The second-order valence-electron chi connectivity index (χ2n) is 8.56. The fraction of sp³-hybridized carbons (Fsp3) is 0.667. The van der Waals surface area contributed by atoms with E-state index in [4.69, 9.17) is 4.74 Å². The predicted octanol–water partition coefficient (Wildman–Crippen LogP) is 4.67. The fourth-order valence-electron chi connectivity index (χ4n) is 3.71. The SMILES string of the molecule is CCCCC(O)OCC(C)(CC)CCCCN1C(=O)/C2=C/C=C\C=C(/CC2)C1=O. The van der Waals surface area contributed by atoms with E-state index in [-0.39, 0.29) is 17.2 Å². The van der Waals surface area contributed by atoms with Gasteiger partial charge in [-0.3, -0.25) is 14.5 Å². The minimum Gasteiger partial charge on any atom is -0.368 e. The first-order chi connectivity index (χ1) is 13.9. The van der Waals surface area contributed by atoms with Crippen LogP contribution in [-0.2, 0) is 14.3 Å². The molecule has 0 spiro atoms. The van der Waals surface area contributed by atoms with Crippen LogP contribution >= 0.6 is 0 Å². The van der Waals surface area contributed by atoms with Crippen LogP contribution in [-0.4, -0.2) is 41.3 Å². The van der Waals surface area contributed by atoms with Crippen LogP contribution in [0.25, 0.3) is 0 Å². The van der Waals surface area contributed by atoms with Gasteiger partial charge in [0, 0.05) is 17.7 Å². The van der Waals surface area contributed by atoms with E-state index < -0.39 is 6.29 Å². The van der Waals surface area contributed by atoms with Crippen molar-refractivity contribution >= 4 is 11.8 Å². The van der Waals surface area contributed by atoms with Gasteiger partial charge in [0.2, 0.25) is 0 Å². The number of amides is 2. The van der Waals surface area contributed by atoms with Crippen LogP contribution in [0, 0.1) is 5.41 Å². The van der Waals surface area contributed by atoms with Gasteiger partial charge in [0.15, 0.2) is 6.29 Å². The van der Waals surface area contributed by atoms with E-state index in [0.29, 0.717) is 43.6 Å². The lowest BCUT2D eigenvalue weighted by atomic mass is 9.83. The Morgan fingerprint density at radius 3 is 2.24 bits per heavy atom. The molecule has 2 bridgehead atoms. The molecular formula is C24H37NO4. The van der Waals surface area contributed by atoms with Crippen LogP contribution < -0.4 is 0 Å². The van der Waals surface area contributed by atoms with Gasteiger partial charge in [-0.15, -0.1) is 0 Å². The van der Waals surface area contributed by atoms with Crippen molar-refractivity contribution in [2.24, 2.45) is 5.41 Å². The highest BCUT2D eigenvalue weighted by atomic mass is 16.6. The molecule has 0 saturated carbocycles. The first kappa shape index (κ1) is 23.6. The summed E-state index contributed by atoms with van der Waals surface area (Å²) in [5, 5.41) is 9.95. The number of imide groups is 1. The number of fused-ring (bicyclic) bond motifs is 3. The zero-order chi connectivity index (χ0) is 21.3. The summed E-state index contributed by atoms with van der Waals surface area (Å²) >= 11 is 0. The maximum atomic E-state index is 12.8. The van der Waals surface area contributed by atoms with Crippen LogP contribution in [0.3, 0.4) is 0 Å². The van der Waals surface area contributed by atoms with Gasteiger partial charge < -0.3 is 9.84 Å². The van der Waals surface area contributed by atoms with Crippen LogP contribution in [0.1, 0.15) is 78.6 Å². The fourth-order valence-corrected chi connectivity index (χ4v) is 3.71. The Kier molecular flexibility index (Phi) is 9.31. The van der Waals surface area contributed by atoms with Gasteiger partial charge >= 0.3 is 0 Å². The summed E-state index contributed by atoms with van der Waals surface area (Å²) in [7, 11) is 0. The summed E-state index contributed by atoms with van der Waals surface area (Å²) in [6.07, 6.45) is 14.2. The van der Waals surface area contributed by atoms with Crippen LogP contribution in [0.15, 0.2) is 35.5 Å². The highest BCUT2D eigenvalue weighted by Crippen LogP contribution is 2.30. The number of carbonyl (C=O) groups is 2. The van der Waals surface area contributed by atoms with Crippen molar-refractivity contribution in [3.8, 4) is 0 Å². The molecule has 2 aliphatic rings. The lowest BCUT2D eigenvalue weighted by molar-refractivity contribution is -0.140. The molecule has 1 aliphatic carbocycles. The molecule has 1 N–H and O–H groups in total.